The molecule has 3 rings (SSSR count). The van der Waals surface area contributed by atoms with Gasteiger partial charge in [0.15, 0.2) is 0 Å². The minimum Gasteiger partial charge on any atom is -0.363 e. The van der Waals surface area contributed by atoms with Gasteiger partial charge in [-0.15, -0.1) is 0 Å². The average molecular weight is 317 g/mol. The van der Waals surface area contributed by atoms with Crippen molar-refractivity contribution in [3.8, 4) is 0 Å². The van der Waals surface area contributed by atoms with Crippen molar-refractivity contribution in [1.82, 2.24) is 0 Å². The van der Waals surface area contributed by atoms with Crippen LogP contribution in [0, 0.1) is 0 Å². The zero-order valence-electron chi connectivity index (χ0n) is 10.8. The molecule has 1 aliphatic heterocycles. The Morgan fingerprint density at radius 1 is 1.05 bits per heavy atom. The van der Waals surface area contributed by atoms with Gasteiger partial charge in [-0.3, -0.25) is 0 Å². The second-order valence-electron chi connectivity index (χ2n) is 4.94. The van der Waals surface area contributed by atoms with Crippen molar-refractivity contribution in [2.45, 2.75) is 19.5 Å². The van der Waals surface area contributed by atoms with Crippen LogP contribution in [0.5, 0.6) is 0 Å². The predicted octanol–water partition coefficient (Wildman–Crippen LogP) is 3.47. The Hall–Kier alpha value is -1.32. The molecular weight excluding hydrogens is 300 g/mol. The molecule has 19 heavy (non-hydrogen) atoms. The molecule has 0 aromatic heterocycles. The highest BCUT2D eigenvalue weighted by atomic mass is 79.9. The summed E-state index contributed by atoms with van der Waals surface area (Å²) in [4.78, 5) is 2.43. The van der Waals surface area contributed by atoms with Crippen molar-refractivity contribution >= 4 is 21.6 Å². The van der Waals surface area contributed by atoms with E-state index in [1.54, 1.807) is 0 Å². The Labute approximate surface area is 122 Å². The first-order valence-corrected chi connectivity index (χ1v) is 7.37. The molecule has 0 atom stereocenters. The van der Waals surface area contributed by atoms with E-state index < -0.39 is 0 Å². The fraction of sp³-hybridized carbons (Fsp3) is 0.250. The van der Waals surface area contributed by atoms with Gasteiger partial charge in [0.2, 0.25) is 0 Å². The molecule has 0 amide bonds. The molecule has 0 bridgehead atoms. The molecular formula is C16H17BrN2. The van der Waals surface area contributed by atoms with Crippen LogP contribution >= 0.6 is 15.9 Å². The highest BCUT2D eigenvalue weighted by Crippen LogP contribution is 2.32. The lowest BCUT2D eigenvalue weighted by Gasteiger charge is -2.22. The van der Waals surface area contributed by atoms with Crippen LogP contribution in [0.4, 0.5) is 5.69 Å². The first-order chi connectivity index (χ1) is 9.28. The largest absolute Gasteiger partial charge is 0.363 e. The Balaban J connectivity index is 1.94. The summed E-state index contributed by atoms with van der Waals surface area (Å²) in [6.45, 7) is 2.67. The quantitative estimate of drug-likeness (QED) is 0.939. The molecule has 0 spiro atoms. The molecule has 0 saturated carbocycles. The number of halogens is 1. The Morgan fingerprint density at radius 3 is 2.37 bits per heavy atom. The van der Waals surface area contributed by atoms with Gasteiger partial charge in [-0.25, -0.2) is 0 Å². The summed E-state index contributed by atoms with van der Waals surface area (Å²) < 4.78 is 1.12. The smallest absolute Gasteiger partial charge is 0.0436 e. The maximum Gasteiger partial charge on any atom is 0.0436 e. The van der Waals surface area contributed by atoms with Crippen LogP contribution in [-0.2, 0) is 19.5 Å². The van der Waals surface area contributed by atoms with E-state index in [1.807, 2.05) is 0 Å². The topological polar surface area (TPSA) is 29.3 Å². The summed E-state index contributed by atoms with van der Waals surface area (Å²) in [6, 6.07) is 15.1. The molecule has 2 aromatic rings. The van der Waals surface area contributed by atoms with E-state index in [9.17, 15) is 0 Å². The van der Waals surface area contributed by atoms with Gasteiger partial charge in [-0.2, -0.15) is 0 Å². The van der Waals surface area contributed by atoms with Gasteiger partial charge in [-0.1, -0.05) is 46.3 Å². The van der Waals surface area contributed by atoms with Crippen molar-refractivity contribution in [1.29, 1.82) is 0 Å². The minimum absolute atomic E-state index is 0.690. The molecule has 0 aliphatic carbocycles. The van der Waals surface area contributed by atoms with Crippen molar-refractivity contribution in [2.24, 2.45) is 5.73 Å². The Kier molecular flexibility index (Phi) is 3.58. The van der Waals surface area contributed by atoms with Crippen molar-refractivity contribution in [2.75, 3.05) is 11.4 Å². The molecule has 0 saturated heterocycles. The van der Waals surface area contributed by atoms with E-state index in [0.29, 0.717) is 6.54 Å². The van der Waals surface area contributed by atoms with Crippen molar-refractivity contribution in [3.63, 3.8) is 0 Å². The third kappa shape index (κ3) is 2.53. The van der Waals surface area contributed by atoms with Crippen LogP contribution in [0.2, 0.25) is 0 Å². The molecule has 1 heterocycles. The zero-order chi connectivity index (χ0) is 13.2. The fourth-order valence-electron chi connectivity index (χ4n) is 2.70. The summed E-state index contributed by atoms with van der Waals surface area (Å²) >= 11 is 3.57. The van der Waals surface area contributed by atoms with Crippen LogP contribution in [-0.4, -0.2) is 6.54 Å². The second kappa shape index (κ2) is 5.35. The Morgan fingerprint density at radius 2 is 1.74 bits per heavy atom. The van der Waals surface area contributed by atoms with Gasteiger partial charge in [0, 0.05) is 23.2 Å². The molecule has 0 radical (unpaired) electrons. The van der Waals surface area contributed by atoms with Gasteiger partial charge in [0.1, 0.15) is 0 Å². The van der Waals surface area contributed by atoms with Crippen LogP contribution in [0.3, 0.4) is 0 Å². The van der Waals surface area contributed by atoms with E-state index in [2.05, 4.69) is 63.3 Å². The average Bonchev–Trinajstić information content (AvgIpc) is 2.84. The maximum absolute atomic E-state index is 5.72. The van der Waals surface area contributed by atoms with E-state index >= 15 is 0 Å². The lowest BCUT2D eigenvalue weighted by Crippen LogP contribution is -2.17. The van der Waals surface area contributed by atoms with E-state index in [0.717, 1.165) is 24.0 Å². The monoisotopic (exact) mass is 316 g/mol. The van der Waals surface area contributed by atoms with Crippen LogP contribution in [0.1, 0.15) is 16.7 Å². The number of hydrogen-bond donors (Lipinski definition) is 1. The first kappa shape index (κ1) is 12.7. The summed E-state index contributed by atoms with van der Waals surface area (Å²) in [5.41, 5.74) is 11.2. The fourth-order valence-corrected chi connectivity index (χ4v) is 3.05. The van der Waals surface area contributed by atoms with Crippen LogP contribution in [0.25, 0.3) is 0 Å². The summed E-state index contributed by atoms with van der Waals surface area (Å²) in [6.07, 6.45) is 0.926. The molecule has 98 valence electrons. The summed E-state index contributed by atoms with van der Waals surface area (Å²) in [5, 5.41) is 0. The van der Waals surface area contributed by atoms with Gasteiger partial charge in [0.05, 0.1) is 0 Å². The van der Waals surface area contributed by atoms with Gasteiger partial charge < -0.3 is 10.6 Å². The number of nitrogens with zero attached hydrogens (tertiary/aromatic N) is 1. The lowest BCUT2D eigenvalue weighted by atomic mass is 10.1. The maximum atomic E-state index is 5.72. The number of anilines is 1. The normalized spacial score (nSPS) is 13.7. The standard InChI is InChI=1S/C16H17BrN2/c17-15-6-5-12(7-8-18)16(9-15)19-10-13-3-1-2-4-14(13)11-19/h1-6,9H,7-8,10-11,18H2. The second-order valence-corrected chi connectivity index (χ2v) is 5.85. The minimum atomic E-state index is 0.690. The molecule has 1 aliphatic rings. The van der Waals surface area contributed by atoms with Gasteiger partial charge in [-0.05, 0) is 41.8 Å². The third-order valence-corrected chi connectivity index (χ3v) is 4.14. The van der Waals surface area contributed by atoms with E-state index in [1.165, 1.54) is 22.4 Å². The molecule has 2 N–H and O–H groups in total. The molecule has 0 unspecified atom stereocenters. The number of hydrogen-bond acceptors (Lipinski definition) is 2. The van der Waals surface area contributed by atoms with E-state index in [-0.39, 0.29) is 0 Å². The molecule has 2 aromatic carbocycles. The van der Waals surface area contributed by atoms with Crippen LogP contribution < -0.4 is 10.6 Å². The van der Waals surface area contributed by atoms with Crippen LogP contribution in [0.15, 0.2) is 46.9 Å². The van der Waals surface area contributed by atoms with Crippen molar-refractivity contribution < 1.29 is 0 Å². The van der Waals surface area contributed by atoms with Gasteiger partial charge >= 0.3 is 0 Å². The third-order valence-electron chi connectivity index (χ3n) is 3.64. The van der Waals surface area contributed by atoms with Gasteiger partial charge in [0.25, 0.3) is 0 Å². The lowest BCUT2D eigenvalue weighted by molar-refractivity contribution is 0.858. The SMILES string of the molecule is NCCc1ccc(Br)cc1N1Cc2ccccc2C1. The number of benzene rings is 2. The first-order valence-electron chi connectivity index (χ1n) is 6.58. The number of fused-ring (bicyclic) bond motifs is 1. The highest BCUT2D eigenvalue weighted by Gasteiger charge is 2.20. The van der Waals surface area contributed by atoms with Crippen molar-refractivity contribution in [3.05, 3.63) is 63.6 Å². The molecule has 2 nitrogen and oxygen atoms in total. The zero-order valence-corrected chi connectivity index (χ0v) is 12.4. The Bertz CT molecular complexity index is 570. The molecule has 0 fully saturated rings. The predicted molar refractivity (Wildman–Crippen MR) is 83.2 cm³/mol. The summed E-state index contributed by atoms with van der Waals surface area (Å²) in [5.74, 6) is 0. The highest BCUT2D eigenvalue weighted by molar-refractivity contribution is 9.10. The van der Waals surface area contributed by atoms with E-state index in [4.69, 9.17) is 5.73 Å². The summed E-state index contributed by atoms with van der Waals surface area (Å²) in [7, 11) is 0. The molecule has 3 heteroatoms. The number of rotatable bonds is 3. The number of nitrogens with two attached hydrogens (primary N) is 1.